The molecule has 0 saturated heterocycles. The SMILES string of the molecule is CCOC(=O)[C@H]1CC[C@H](NC(=O)C2=CN(OCC)NC(c3ccc(C(=N)N)cc3)=C2)CC1.Cl. The molecule has 1 heterocycles. The van der Waals surface area contributed by atoms with Crippen molar-refractivity contribution in [3.8, 4) is 0 Å². The number of nitrogen functional groups attached to an aromatic ring is 1. The maximum absolute atomic E-state index is 13.0. The smallest absolute Gasteiger partial charge is 0.308 e. The molecule has 1 fully saturated rings. The summed E-state index contributed by atoms with van der Waals surface area (Å²) < 4.78 is 5.11. The minimum absolute atomic E-state index is 0. The molecule has 1 aliphatic heterocycles. The second kappa shape index (κ2) is 12.3. The number of amidine groups is 1. The Bertz CT molecular complexity index is 908. The predicted molar refractivity (Wildman–Crippen MR) is 128 cm³/mol. The van der Waals surface area contributed by atoms with E-state index in [1.807, 2.05) is 26.0 Å². The molecule has 1 aromatic rings. The van der Waals surface area contributed by atoms with Crippen LogP contribution in [0.25, 0.3) is 5.70 Å². The highest BCUT2D eigenvalue weighted by atomic mass is 35.5. The molecule has 33 heavy (non-hydrogen) atoms. The van der Waals surface area contributed by atoms with E-state index in [0.29, 0.717) is 42.9 Å². The first kappa shape index (κ1) is 26.2. The Balaban J connectivity index is 0.00000385. The van der Waals surface area contributed by atoms with Crippen LogP contribution >= 0.6 is 12.4 Å². The molecule has 0 spiro atoms. The second-order valence-electron chi connectivity index (χ2n) is 7.76. The third kappa shape index (κ3) is 6.97. The van der Waals surface area contributed by atoms with Gasteiger partial charge in [-0.25, -0.2) is 0 Å². The summed E-state index contributed by atoms with van der Waals surface area (Å²) in [5.41, 5.74) is 11.2. The lowest BCUT2D eigenvalue weighted by Crippen LogP contribution is -2.42. The predicted octanol–water partition coefficient (Wildman–Crippen LogP) is 2.63. The largest absolute Gasteiger partial charge is 0.466 e. The van der Waals surface area contributed by atoms with Crippen LogP contribution < -0.4 is 16.5 Å². The maximum Gasteiger partial charge on any atom is 0.308 e. The lowest BCUT2D eigenvalue weighted by molar-refractivity contribution is -0.149. The fourth-order valence-electron chi connectivity index (χ4n) is 3.81. The van der Waals surface area contributed by atoms with Crippen molar-refractivity contribution < 1.29 is 19.2 Å². The zero-order valence-corrected chi connectivity index (χ0v) is 19.7. The molecule has 0 atom stereocenters. The van der Waals surface area contributed by atoms with E-state index < -0.39 is 0 Å². The molecule has 10 heteroatoms. The second-order valence-corrected chi connectivity index (χ2v) is 7.76. The molecule has 9 nitrogen and oxygen atoms in total. The third-order valence-electron chi connectivity index (χ3n) is 5.51. The number of benzene rings is 1. The summed E-state index contributed by atoms with van der Waals surface area (Å²) in [4.78, 5) is 30.5. The highest BCUT2D eigenvalue weighted by Crippen LogP contribution is 2.26. The van der Waals surface area contributed by atoms with Crippen molar-refractivity contribution in [2.24, 2.45) is 11.7 Å². The Hall–Kier alpha value is -3.04. The van der Waals surface area contributed by atoms with Crippen molar-refractivity contribution in [3.63, 3.8) is 0 Å². The zero-order chi connectivity index (χ0) is 23.1. The summed E-state index contributed by atoms with van der Waals surface area (Å²) in [6, 6.07) is 7.18. The Labute approximate surface area is 200 Å². The summed E-state index contributed by atoms with van der Waals surface area (Å²) in [5.74, 6) is -0.433. The number of hydrazine groups is 1. The van der Waals surface area contributed by atoms with Gasteiger partial charge in [-0.15, -0.1) is 12.4 Å². The van der Waals surface area contributed by atoms with Gasteiger partial charge in [-0.3, -0.25) is 25.3 Å². The van der Waals surface area contributed by atoms with E-state index in [0.717, 1.165) is 18.4 Å². The van der Waals surface area contributed by atoms with E-state index in [-0.39, 0.29) is 42.1 Å². The lowest BCUT2D eigenvalue weighted by atomic mass is 9.86. The number of nitrogens with zero attached hydrogens (tertiary/aromatic N) is 1. The Morgan fingerprint density at radius 2 is 1.82 bits per heavy atom. The molecular formula is C23H32ClN5O4. The van der Waals surface area contributed by atoms with Crippen molar-refractivity contribution in [2.75, 3.05) is 13.2 Å². The highest BCUT2D eigenvalue weighted by Gasteiger charge is 2.29. The maximum atomic E-state index is 13.0. The molecule has 0 bridgehead atoms. The molecule has 1 aliphatic carbocycles. The molecule has 5 N–H and O–H groups in total. The number of hydroxylamine groups is 1. The summed E-state index contributed by atoms with van der Waals surface area (Å²) in [7, 11) is 0. The fourth-order valence-corrected chi connectivity index (χ4v) is 3.81. The van der Waals surface area contributed by atoms with Crippen molar-refractivity contribution >= 4 is 35.8 Å². The van der Waals surface area contributed by atoms with Gasteiger partial charge in [0.1, 0.15) is 5.84 Å². The molecule has 0 radical (unpaired) electrons. The van der Waals surface area contributed by atoms with E-state index in [9.17, 15) is 9.59 Å². The monoisotopic (exact) mass is 477 g/mol. The summed E-state index contributed by atoms with van der Waals surface area (Å²) in [6.07, 6.45) is 6.25. The standard InChI is InChI=1S/C23H31N5O4.ClH/c1-3-31-23(30)17-9-11-19(12-10-17)26-22(29)18-13-20(27-28(14-18)32-4-2)15-5-7-16(8-6-15)21(24)25;/h5-8,13-14,17,19,27H,3-4,9-12H2,1-2H3,(H3,24,25)(H,26,29);1H/t17-,19-;. The number of amides is 1. The van der Waals surface area contributed by atoms with Crippen molar-refractivity contribution in [3.05, 3.63) is 53.2 Å². The van der Waals surface area contributed by atoms with Gasteiger partial charge in [0.05, 0.1) is 36.6 Å². The van der Waals surface area contributed by atoms with Crippen LogP contribution in [0, 0.1) is 11.3 Å². The van der Waals surface area contributed by atoms with Gasteiger partial charge in [0.25, 0.3) is 5.91 Å². The minimum Gasteiger partial charge on any atom is -0.466 e. The van der Waals surface area contributed by atoms with Gasteiger partial charge in [-0.2, -0.15) is 5.17 Å². The molecular weight excluding hydrogens is 446 g/mol. The molecule has 1 amide bonds. The third-order valence-corrected chi connectivity index (χ3v) is 5.51. The number of hydrogen-bond acceptors (Lipinski definition) is 7. The van der Waals surface area contributed by atoms with Crippen molar-refractivity contribution in [1.82, 2.24) is 15.9 Å². The average molecular weight is 478 g/mol. The summed E-state index contributed by atoms with van der Waals surface area (Å²) in [6.45, 7) is 4.48. The van der Waals surface area contributed by atoms with Gasteiger partial charge in [-0.05, 0) is 51.2 Å². The van der Waals surface area contributed by atoms with Gasteiger partial charge in [0, 0.05) is 11.6 Å². The molecule has 1 aromatic carbocycles. The normalized spacial score (nSPS) is 19.9. The van der Waals surface area contributed by atoms with Gasteiger partial charge >= 0.3 is 5.97 Å². The van der Waals surface area contributed by atoms with Crippen LogP contribution in [0.2, 0.25) is 0 Å². The number of ether oxygens (including phenoxy) is 1. The minimum atomic E-state index is -0.200. The zero-order valence-electron chi connectivity index (χ0n) is 18.9. The average Bonchev–Trinajstić information content (AvgIpc) is 2.79. The number of carbonyl (C=O) groups excluding carboxylic acids is 2. The van der Waals surface area contributed by atoms with Crippen LogP contribution in [0.4, 0.5) is 0 Å². The van der Waals surface area contributed by atoms with Crippen LogP contribution in [0.3, 0.4) is 0 Å². The van der Waals surface area contributed by atoms with Crippen molar-refractivity contribution in [1.29, 1.82) is 5.41 Å². The number of nitrogens with two attached hydrogens (primary N) is 1. The number of hydrogen-bond donors (Lipinski definition) is 4. The van der Waals surface area contributed by atoms with E-state index in [1.165, 1.54) is 5.17 Å². The first-order valence-corrected chi connectivity index (χ1v) is 11.0. The van der Waals surface area contributed by atoms with Crippen LogP contribution in [-0.4, -0.2) is 42.1 Å². The summed E-state index contributed by atoms with van der Waals surface area (Å²) >= 11 is 0. The van der Waals surface area contributed by atoms with E-state index >= 15 is 0 Å². The van der Waals surface area contributed by atoms with Crippen LogP contribution in [-0.2, 0) is 19.2 Å². The number of rotatable bonds is 8. The quantitative estimate of drug-likeness (QED) is 0.257. The van der Waals surface area contributed by atoms with Gasteiger partial charge in [0.2, 0.25) is 0 Å². The van der Waals surface area contributed by atoms with Gasteiger partial charge in [-0.1, -0.05) is 24.3 Å². The molecule has 0 aromatic heterocycles. The molecule has 180 valence electrons. The van der Waals surface area contributed by atoms with E-state index in [1.54, 1.807) is 24.4 Å². The molecule has 3 rings (SSSR count). The first-order valence-electron chi connectivity index (χ1n) is 11.0. The van der Waals surface area contributed by atoms with E-state index in [2.05, 4.69) is 10.7 Å². The van der Waals surface area contributed by atoms with E-state index in [4.69, 9.17) is 20.7 Å². The Morgan fingerprint density at radius 1 is 1.15 bits per heavy atom. The Kier molecular flexibility index (Phi) is 9.74. The van der Waals surface area contributed by atoms with Gasteiger partial charge < -0.3 is 15.8 Å². The topological polar surface area (TPSA) is 130 Å². The Morgan fingerprint density at radius 3 is 2.39 bits per heavy atom. The number of esters is 1. The molecule has 2 aliphatic rings. The van der Waals surface area contributed by atoms with Crippen molar-refractivity contribution in [2.45, 2.75) is 45.6 Å². The number of halogens is 1. The first-order chi connectivity index (χ1) is 15.4. The van der Waals surface area contributed by atoms with Crippen LogP contribution in [0.5, 0.6) is 0 Å². The number of nitrogens with one attached hydrogen (secondary N) is 3. The lowest BCUT2D eigenvalue weighted by Gasteiger charge is -2.30. The molecule has 0 unspecified atom stereocenters. The van der Waals surface area contributed by atoms with Crippen LogP contribution in [0.15, 0.2) is 42.1 Å². The molecule has 1 saturated carbocycles. The van der Waals surface area contributed by atoms with Gasteiger partial charge in [0.15, 0.2) is 0 Å². The number of carbonyl (C=O) groups is 2. The highest BCUT2D eigenvalue weighted by molar-refractivity contribution is 5.99. The summed E-state index contributed by atoms with van der Waals surface area (Å²) in [5, 5.41) is 12.0. The van der Waals surface area contributed by atoms with Crippen LogP contribution in [0.1, 0.15) is 50.7 Å². The fraction of sp³-hybridized carbons (Fsp3) is 0.435.